The number of benzene rings is 1. The smallest absolute Gasteiger partial charge is 0.600 e. The van der Waals surface area contributed by atoms with E-state index < -0.39 is 37.4 Å². The molecule has 1 heterocycles. The first-order chi connectivity index (χ1) is 11.2. The Bertz CT molecular complexity index is 877. The van der Waals surface area contributed by atoms with Crippen molar-refractivity contribution in [3.8, 4) is 0 Å². The third kappa shape index (κ3) is 4.61. The average Bonchev–Trinajstić information content (AvgIpc) is 3.16. The summed E-state index contributed by atoms with van der Waals surface area (Å²) in [4.78, 5) is 0.443. The van der Waals surface area contributed by atoms with Crippen LogP contribution < -0.4 is 0 Å². The summed E-state index contributed by atoms with van der Waals surface area (Å²) in [7, 11) is -8.00. The van der Waals surface area contributed by atoms with Crippen LogP contribution >= 0.6 is 10.5 Å². The lowest BCUT2D eigenvalue weighted by atomic mass is 10.2. The van der Waals surface area contributed by atoms with E-state index in [1.807, 2.05) is 0 Å². The molecule has 1 atom stereocenters. The summed E-state index contributed by atoms with van der Waals surface area (Å²) >= 11 is 0. The van der Waals surface area contributed by atoms with Crippen LogP contribution in [-0.2, 0) is 15.6 Å². The molecule has 1 aromatic carbocycles. The largest absolute Gasteiger partial charge is 0.741 e. The molecule has 1 aliphatic carbocycles. The molecule has 1 unspecified atom stereocenters. The minimum absolute atomic E-state index is 0.0513. The lowest BCUT2D eigenvalue weighted by Gasteiger charge is -2.08. The maximum atomic E-state index is 13.1. The highest BCUT2D eigenvalue weighted by atomic mass is 32.2. The van der Waals surface area contributed by atoms with E-state index in [0.29, 0.717) is 10.3 Å². The number of thiophene rings is 1. The molecule has 25 heavy (non-hydrogen) atoms. The summed E-state index contributed by atoms with van der Waals surface area (Å²) in [6, 6.07) is 5.27. The van der Waals surface area contributed by atoms with Gasteiger partial charge in [0.05, 0.1) is 10.5 Å². The molecule has 3 rings (SSSR count). The molecule has 140 valence electrons. The van der Waals surface area contributed by atoms with Crippen molar-refractivity contribution < 1.29 is 43.7 Å². The molecular formula is C13H9F7O3S2. The number of hydrogen-bond acceptors (Lipinski definition) is 3. The van der Waals surface area contributed by atoms with E-state index in [1.54, 1.807) is 6.07 Å². The van der Waals surface area contributed by atoms with Crippen molar-refractivity contribution in [2.24, 2.45) is 0 Å². The maximum Gasteiger partial charge on any atom is 0.600 e. The normalized spacial score (nSPS) is 16.6. The van der Waals surface area contributed by atoms with Crippen molar-refractivity contribution in [1.82, 2.24) is 0 Å². The van der Waals surface area contributed by atoms with Crippen LogP contribution in [0.2, 0.25) is 0 Å². The number of rotatable bonds is 1. The summed E-state index contributed by atoms with van der Waals surface area (Å²) in [6.07, 6.45) is 1.64. The van der Waals surface area contributed by atoms with Gasteiger partial charge in [0, 0.05) is 23.4 Å². The first kappa shape index (κ1) is 19.9. The van der Waals surface area contributed by atoms with Gasteiger partial charge >= 0.3 is 11.0 Å². The molecule has 1 aliphatic rings. The van der Waals surface area contributed by atoms with E-state index in [2.05, 4.69) is 0 Å². The van der Waals surface area contributed by atoms with Crippen LogP contribution in [-0.4, -0.2) is 18.5 Å². The number of halogens is 7. The highest BCUT2D eigenvalue weighted by molar-refractivity contribution is 7.86. The predicted octanol–water partition coefficient (Wildman–Crippen LogP) is 5.13. The highest BCUT2D eigenvalue weighted by Gasteiger charge is 2.51. The van der Waals surface area contributed by atoms with Crippen LogP contribution in [0.1, 0.15) is 23.6 Å². The van der Waals surface area contributed by atoms with Crippen LogP contribution in [0.3, 0.4) is 0 Å². The van der Waals surface area contributed by atoms with Crippen LogP contribution in [0, 0.1) is 5.82 Å². The van der Waals surface area contributed by atoms with Crippen LogP contribution in [0.5, 0.6) is 0 Å². The van der Waals surface area contributed by atoms with Gasteiger partial charge in [0.25, 0.3) is 0 Å². The molecule has 1 saturated carbocycles. The molecule has 0 bridgehead atoms. The van der Waals surface area contributed by atoms with Gasteiger partial charge < -0.3 is 4.55 Å². The fourth-order valence-electron chi connectivity index (χ4n) is 2.05. The Kier molecular flexibility index (Phi) is 5.10. The minimum atomic E-state index is -6.09. The quantitative estimate of drug-likeness (QED) is 0.283. The van der Waals surface area contributed by atoms with Gasteiger partial charge in [-0.3, -0.25) is 0 Å². The standard InChI is InChI=1S/C12H9F4S.CHF3O3S/c13-9-4-3-8-5-10(7-1-2-7)17(11(8)6-9)12(14,15)16;2-1(3,4)8(5,6)7/h3-7H,1-2H2;(H,5,6,7)/q+1;/p-1. The molecule has 0 aliphatic heterocycles. The van der Waals surface area contributed by atoms with E-state index in [9.17, 15) is 30.7 Å². The second kappa shape index (κ2) is 6.40. The second-order valence-electron chi connectivity index (χ2n) is 5.15. The monoisotopic (exact) mass is 410 g/mol. The first-order valence-corrected chi connectivity index (χ1v) is 9.19. The molecule has 1 fully saturated rings. The Balaban J connectivity index is 0.000000242. The zero-order valence-corrected chi connectivity index (χ0v) is 13.6. The van der Waals surface area contributed by atoms with Crippen molar-refractivity contribution in [3.63, 3.8) is 0 Å². The molecule has 0 spiro atoms. The fourth-order valence-corrected chi connectivity index (χ4v) is 4.23. The van der Waals surface area contributed by atoms with Gasteiger partial charge in [0.2, 0.25) is 0 Å². The van der Waals surface area contributed by atoms with Gasteiger partial charge in [-0.15, -0.1) is 13.2 Å². The summed E-state index contributed by atoms with van der Waals surface area (Å²) < 4.78 is 111. The summed E-state index contributed by atoms with van der Waals surface area (Å²) in [6.45, 7) is 0. The number of hydrogen-bond donors (Lipinski definition) is 0. The lowest BCUT2D eigenvalue weighted by Crippen LogP contribution is -2.21. The van der Waals surface area contributed by atoms with Gasteiger partial charge in [0.15, 0.2) is 19.7 Å². The highest BCUT2D eigenvalue weighted by Crippen LogP contribution is 2.57. The lowest BCUT2D eigenvalue weighted by molar-refractivity contribution is -0.0867. The fraction of sp³-hybridized carbons (Fsp3) is 0.385. The Morgan fingerprint density at radius 3 is 1.96 bits per heavy atom. The Morgan fingerprint density at radius 1 is 1.04 bits per heavy atom. The van der Waals surface area contributed by atoms with Crippen LogP contribution in [0.4, 0.5) is 30.7 Å². The van der Waals surface area contributed by atoms with E-state index in [-0.39, 0.29) is 10.6 Å². The number of alkyl halides is 6. The Labute approximate surface area is 139 Å². The molecule has 3 nitrogen and oxygen atoms in total. The topological polar surface area (TPSA) is 57.2 Å². The summed E-state index contributed by atoms with van der Waals surface area (Å²) in [5.41, 5.74) is -9.94. The molecule has 0 N–H and O–H groups in total. The van der Waals surface area contributed by atoms with Crippen molar-refractivity contribution in [3.05, 3.63) is 35.0 Å². The Hall–Kier alpha value is -1.40. The number of fused-ring (bicyclic) bond motifs is 1. The van der Waals surface area contributed by atoms with E-state index in [1.165, 1.54) is 12.1 Å². The van der Waals surface area contributed by atoms with Gasteiger partial charge in [-0.2, -0.15) is 13.2 Å². The van der Waals surface area contributed by atoms with Gasteiger partial charge in [-0.1, -0.05) is 0 Å². The predicted molar refractivity (Wildman–Crippen MR) is 75.4 cm³/mol. The second-order valence-corrected chi connectivity index (χ2v) is 8.51. The van der Waals surface area contributed by atoms with E-state index in [4.69, 9.17) is 13.0 Å². The van der Waals surface area contributed by atoms with Crippen molar-refractivity contribution >= 4 is 30.7 Å². The zero-order valence-electron chi connectivity index (χ0n) is 12.0. The Morgan fingerprint density at radius 2 is 1.56 bits per heavy atom. The third-order valence-electron chi connectivity index (χ3n) is 3.22. The van der Waals surface area contributed by atoms with Crippen molar-refractivity contribution in [2.75, 3.05) is 0 Å². The van der Waals surface area contributed by atoms with Crippen molar-refractivity contribution in [2.45, 2.75) is 29.8 Å². The first-order valence-electron chi connectivity index (χ1n) is 6.56. The van der Waals surface area contributed by atoms with Crippen molar-refractivity contribution in [1.29, 1.82) is 0 Å². The third-order valence-corrected chi connectivity index (χ3v) is 5.97. The molecule has 1 aromatic heterocycles. The van der Waals surface area contributed by atoms with Gasteiger partial charge in [-0.25, -0.2) is 12.8 Å². The molecule has 2 aromatic rings. The minimum Gasteiger partial charge on any atom is -0.741 e. The van der Waals surface area contributed by atoms with Gasteiger partial charge in [0.1, 0.15) is 5.82 Å². The maximum absolute atomic E-state index is 13.1. The zero-order chi connectivity index (χ0) is 19.2. The van der Waals surface area contributed by atoms with E-state index >= 15 is 0 Å². The summed E-state index contributed by atoms with van der Waals surface area (Å²) in [5, 5.41) is 0.522. The molecule has 0 saturated heterocycles. The SMILES string of the molecule is Fc1ccc2cc(C3CC3)[s+](C(F)(F)F)c2c1.O=S(=O)([O-])C(F)(F)F. The summed E-state index contributed by atoms with van der Waals surface area (Å²) in [5.74, 6) is -0.550. The molecule has 0 amide bonds. The van der Waals surface area contributed by atoms with Gasteiger partial charge in [-0.05, 0) is 25.0 Å². The molecule has 0 radical (unpaired) electrons. The molecular weight excluding hydrogens is 401 g/mol. The van der Waals surface area contributed by atoms with Crippen LogP contribution in [0.25, 0.3) is 10.1 Å². The molecule has 12 heteroatoms. The van der Waals surface area contributed by atoms with Crippen LogP contribution in [0.15, 0.2) is 24.3 Å². The average molecular weight is 410 g/mol. The van der Waals surface area contributed by atoms with E-state index in [0.717, 1.165) is 18.9 Å².